The third-order valence-electron chi connectivity index (χ3n) is 20.0. The monoisotopic (exact) mass is 1390 g/mol. The Balaban J connectivity index is 0.812. The summed E-state index contributed by atoms with van der Waals surface area (Å²) in [7, 11) is 0. The fraction of sp³-hybridized carbons (Fsp3) is 0.481. The van der Waals surface area contributed by atoms with Crippen molar-refractivity contribution in [3.8, 4) is 0 Å². The number of carbonyl (C=O) groups is 4. The van der Waals surface area contributed by atoms with Gasteiger partial charge in [0.1, 0.15) is 86.5 Å². The van der Waals surface area contributed by atoms with Crippen LogP contribution in [0.1, 0.15) is 98.0 Å². The highest BCUT2D eigenvalue weighted by atomic mass is 16.8. The van der Waals surface area contributed by atoms with Crippen LogP contribution in [0.2, 0.25) is 0 Å². The number of ether oxygens (including phenoxy) is 12. The summed E-state index contributed by atoms with van der Waals surface area (Å²) in [5.41, 5.74) is 4.77. The minimum absolute atomic E-state index is 0.00799. The van der Waals surface area contributed by atoms with Gasteiger partial charge in [-0.1, -0.05) is 196 Å². The molecule has 0 spiro atoms. The van der Waals surface area contributed by atoms with E-state index in [4.69, 9.17) is 56.8 Å². The molecular formula is C77H91N3O21. The molecule has 12 rings (SSSR count). The molecule has 5 aliphatic heterocycles. The van der Waals surface area contributed by atoms with Gasteiger partial charge in [-0.3, -0.25) is 4.79 Å². The van der Waals surface area contributed by atoms with Crippen LogP contribution in [0.5, 0.6) is 0 Å². The lowest BCUT2D eigenvalue weighted by molar-refractivity contribution is -0.330. The normalized spacial score (nSPS) is 32.1. The average molecular weight is 1390 g/mol. The second-order valence-electron chi connectivity index (χ2n) is 26.9. The summed E-state index contributed by atoms with van der Waals surface area (Å²) in [4.78, 5) is 55.8. The number of rotatable bonds is 26. The highest BCUT2D eigenvalue weighted by Gasteiger charge is 2.58. The molecule has 0 radical (unpaired) electrons. The Morgan fingerprint density at radius 1 is 0.475 bits per heavy atom. The van der Waals surface area contributed by atoms with Gasteiger partial charge < -0.3 is 98.3 Å². The minimum Gasteiger partial charge on any atom is -0.445 e. The molecule has 2 unspecified atom stereocenters. The number of aliphatic hydroxyl groups excluding tert-OH is 5. The van der Waals surface area contributed by atoms with Gasteiger partial charge in [-0.25, -0.2) is 14.4 Å². The first-order valence-electron chi connectivity index (χ1n) is 34.9. The summed E-state index contributed by atoms with van der Waals surface area (Å²) in [5, 5.41) is 69.9. The number of benzene rings is 6. The largest absolute Gasteiger partial charge is 0.445 e. The van der Waals surface area contributed by atoms with E-state index in [0.29, 0.717) is 36.8 Å². The number of amides is 3. The van der Waals surface area contributed by atoms with Gasteiger partial charge in [-0.15, -0.1) is 0 Å². The van der Waals surface area contributed by atoms with E-state index < -0.39 is 165 Å². The predicted octanol–water partition coefficient (Wildman–Crippen LogP) is 7.95. The highest BCUT2D eigenvalue weighted by molar-refractivity contribution is 5.81. The lowest BCUT2D eigenvalue weighted by Gasteiger charge is -2.51. The number of hydrogen-bond donors (Lipinski definition) is 8. The molecule has 3 amide bonds. The van der Waals surface area contributed by atoms with Gasteiger partial charge in [0.25, 0.3) is 0 Å². The summed E-state index contributed by atoms with van der Waals surface area (Å²) in [5.74, 6) is -2.74. The first-order chi connectivity index (χ1) is 49.1. The zero-order valence-corrected chi connectivity index (χ0v) is 56.4. The molecule has 1 saturated carbocycles. The van der Waals surface area contributed by atoms with Crippen molar-refractivity contribution in [3.05, 3.63) is 215 Å². The van der Waals surface area contributed by atoms with Crippen molar-refractivity contribution in [2.24, 2.45) is 17.8 Å². The summed E-state index contributed by atoms with van der Waals surface area (Å²) < 4.78 is 76.5. The topological polar surface area (TPSA) is 316 Å². The van der Waals surface area contributed by atoms with Crippen LogP contribution in [0.25, 0.3) is 0 Å². The Morgan fingerprint density at radius 2 is 0.891 bits per heavy atom. The van der Waals surface area contributed by atoms with E-state index in [1.807, 2.05) is 140 Å². The number of aliphatic hydroxyl groups is 5. The number of alkyl carbamates (subject to hydrolysis) is 3. The molecule has 540 valence electrons. The van der Waals surface area contributed by atoms with Gasteiger partial charge in [0.15, 0.2) is 18.9 Å². The molecule has 24 heteroatoms. The number of Topliss-reactive ketones (excluding diaryl/α,β-unsaturated/α-hetero) is 1. The molecule has 6 fully saturated rings. The molecule has 5 saturated heterocycles. The lowest BCUT2D eigenvalue weighted by atomic mass is 9.73. The predicted molar refractivity (Wildman–Crippen MR) is 361 cm³/mol. The first kappa shape index (κ1) is 73.0. The Labute approximate surface area is 586 Å². The number of nitrogens with one attached hydrogen (secondary N) is 3. The zero-order chi connectivity index (χ0) is 70.4. The smallest absolute Gasteiger partial charge is 0.407 e. The average Bonchev–Trinajstić information content (AvgIpc) is 1.67. The summed E-state index contributed by atoms with van der Waals surface area (Å²) in [6.07, 6.45) is -22.8. The molecular weight excluding hydrogens is 1300 g/mol. The Bertz CT molecular complexity index is 3560. The Kier molecular flexibility index (Phi) is 25.3. The number of hydrogen-bond acceptors (Lipinski definition) is 21. The maximum Gasteiger partial charge on any atom is 0.407 e. The molecule has 5 heterocycles. The third kappa shape index (κ3) is 18.5. The van der Waals surface area contributed by atoms with Crippen LogP contribution in [0, 0.1) is 17.8 Å². The molecule has 6 aromatic carbocycles. The maximum absolute atomic E-state index is 14.9. The van der Waals surface area contributed by atoms with Crippen LogP contribution < -0.4 is 16.0 Å². The first-order valence-corrected chi connectivity index (χ1v) is 34.9. The minimum atomic E-state index is -1.81. The van der Waals surface area contributed by atoms with Crippen molar-refractivity contribution in [2.45, 2.75) is 201 Å². The van der Waals surface area contributed by atoms with Crippen molar-refractivity contribution >= 4 is 24.1 Å². The van der Waals surface area contributed by atoms with Crippen LogP contribution in [-0.4, -0.2) is 173 Å². The maximum atomic E-state index is 14.9. The summed E-state index contributed by atoms with van der Waals surface area (Å²) >= 11 is 0. The van der Waals surface area contributed by atoms with E-state index in [2.05, 4.69) is 16.0 Å². The molecule has 23 atom stereocenters. The number of fused-ring (bicyclic) bond motifs is 2. The molecule has 101 heavy (non-hydrogen) atoms. The van der Waals surface area contributed by atoms with Gasteiger partial charge in [0, 0.05) is 18.9 Å². The number of ketones is 1. The Morgan fingerprint density at radius 3 is 1.35 bits per heavy atom. The van der Waals surface area contributed by atoms with Crippen molar-refractivity contribution in [2.75, 3.05) is 13.2 Å². The van der Waals surface area contributed by atoms with Crippen LogP contribution in [0.4, 0.5) is 14.4 Å². The molecule has 24 nitrogen and oxygen atoms in total. The van der Waals surface area contributed by atoms with E-state index >= 15 is 0 Å². The fourth-order valence-electron chi connectivity index (χ4n) is 14.4. The van der Waals surface area contributed by atoms with Crippen molar-refractivity contribution in [1.29, 1.82) is 0 Å². The van der Waals surface area contributed by atoms with Crippen molar-refractivity contribution in [1.82, 2.24) is 16.0 Å². The standard InChI is InChI=1S/C77H91N3O21/c1-45-37-53(38-54(82)46(2)59(90-41-47-21-9-3-10-22-47)39-78-75(87)91-42-48-23-11-4-12-24-48)63(83)71(67(45)99-72-61(79-76(88)92-43-49-25-13-5-14-26-49)64(84)68-57(96-72)35-33-55(94-68)51-29-17-7-18-30-51)101-74-66(86)70(60(40-81)98-74)100-73-62(80-77(89)93-44-50-27-15-6-16-28-50)65(85)69-58(97-73)36-34-56(95-69)52-31-19-8-20-32-52/h3-32,45-46,53,55-74,81,83-86H,33-44H2,1-2H3,(H,78,87)(H,79,88)(H,80,89)/t45-,46+,53-,55?,56?,57+,58-,59-,60+,61+,62+,63-,64-,65+,66+,67+,68+,69+,70+,71+,72+,73+,74-/m0/s1. The van der Waals surface area contributed by atoms with Crippen LogP contribution in [-0.2, 0) is 88.1 Å². The second kappa shape index (κ2) is 34.9. The fourth-order valence-corrected chi connectivity index (χ4v) is 14.4. The molecule has 8 N–H and O–H groups in total. The van der Waals surface area contributed by atoms with Gasteiger partial charge in [0.2, 0.25) is 0 Å². The Hall–Kier alpha value is -7.76. The van der Waals surface area contributed by atoms with Crippen LogP contribution >= 0.6 is 0 Å². The molecule has 1 aliphatic carbocycles. The van der Waals surface area contributed by atoms with Gasteiger partial charge in [-0.05, 0) is 77.3 Å². The van der Waals surface area contributed by atoms with E-state index in [1.165, 1.54) is 0 Å². The third-order valence-corrected chi connectivity index (χ3v) is 20.0. The van der Waals surface area contributed by atoms with Gasteiger partial charge in [-0.2, -0.15) is 0 Å². The zero-order valence-electron chi connectivity index (χ0n) is 56.4. The summed E-state index contributed by atoms with van der Waals surface area (Å²) in [6, 6.07) is 52.8. The van der Waals surface area contributed by atoms with E-state index in [1.54, 1.807) is 55.5 Å². The highest BCUT2D eigenvalue weighted by Crippen LogP contribution is 2.44. The van der Waals surface area contributed by atoms with Crippen LogP contribution in [0.15, 0.2) is 182 Å². The lowest BCUT2D eigenvalue weighted by Crippen LogP contribution is -2.67. The van der Waals surface area contributed by atoms with Crippen molar-refractivity contribution < 1.29 is 102 Å². The molecule has 6 aromatic rings. The molecule has 6 aliphatic rings. The SMILES string of the molecule is C[C@H](C(=O)C[C@@H]1C[C@H](C)[C@@H](O[C@H]2O[C@@H]3CCC(c4ccccc4)O[C@H]3[C@@H](O)[C@H]2NC(=O)OCc2ccccc2)[C@H](O[C@@H]2O[C@H](CO)[C@@H](O[C@H]3O[C@H]4CCC(c5ccccc5)O[C@H]4[C@H](O)[C@H]3NC(=O)OCc3ccccc3)[C@H]2O)[C@H]1O)[C@H](CNC(=O)OCc1ccccc1)OCc1ccccc1. The quantitative estimate of drug-likeness (QED) is 0.0239. The second-order valence-corrected chi connectivity index (χ2v) is 26.9. The van der Waals surface area contributed by atoms with E-state index in [0.717, 1.165) is 22.3 Å². The van der Waals surface area contributed by atoms with E-state index in [9.17, 15) is 44.7 Å². The number of carbonyl (C=O) groups excluding carboxylic acids is 4. The van der Waals surface area contributed by atoms with Gasteiger partial charge >= 0.3 is 18.3 Å². The molecule has 0 aromatic heterocycles. The van der Waals surface area contributed by atoms with Gasteiger partial charge in [0.05, 0.1) is 55.9 Å². The summed E-state index contributed by atoms with van der Waals surface area (Å²) in [6.45, 7) is 2.51. The van der Waals surface area contributed by atoms with E-state index in [-0.39, 0.29) is 51.6 Å². The van der Waals surface area contributed by atoms with Crippen LogP contribution in [0.3, 0.4) is 0 Å². The van der Waals surface area contributed by atoms with Crippen molar-refractivity contribution in [3.63, 3.8) is 0 Å². The molecule has 0 bridgehead atoms.